The van der Waals surface area contributed by atoms with Gasteiger partial charge >= 0.3 is 6.18 Å². The van der Waals surface area contributed by atoms with E-state index in [1.807, 2.05) is 6.92 Å². The first-order valence-electron chi connectivity index (χ1n) is 6.40. The Morgan fingerprint density at radius 2 is 2.00 bits per heavy atom. The van der Waals surface area contributed by atoms with Gasteiger partial charge in [0.1, 0.15) is 18.1 Å². The average Bonchev–Trinajstić information content (AvgIpc) is 3.11. The molecule has 0 radical (unpaired) electrons. The number of alkyl halides is 3. The highest BCUT2D eigenvalue weighted by atomic mass is 19.4. The lowest BCUT2D eigenvalue weighted by atomic mass is 9.95. The largest absolute Gasteiger partial charge is 0.411 e. The van der Waals surface area contributed by atoms with Crippen LogP contribution in [-0.4, -0.2) is 41.0 Å². The molecular formula is C12H17F3N2O2. The second kappa shape index (κ2) is 4.38. The minimum Gasteiger partial charge on any atom is -0.342 e. The molecule has 0 aromatic carbocycles. The molecular weight excluding hydrogens is 261 g/mol. The predicted octanol–water partition coefficient (Wildman–Crippen LogP) is 1.45. The Bertz CT molecular complexity index is 404. The zero-order valence-electron chi connectivity index (χ0n) is 10.9. The minimum absolute atomic E-state index is 0.108. The van der Waals surface area contributed by atoms with Crippen LogP contribution in [0.2, 0.25) is 0 Å². The van der Waals surface area contributed by atoms with Crippen LogP contribution in [0.5, 0.6) is 0 Å². The highest BCUT2D eigenvalue weighted by Gasteiger charge is 2.69. The molecule has 0 spiro atoms. The number of halogens is 3. The summed E-state index contributed by atoms with van der Waals surface area (Å²) in [5, 5.41) is 2.50. The first kappa shape index (κ1) is 14.1. The number of rotatable bonds is 3. The van der Waals surface area contributed by atoms with Crippen molar-refractivity contribution < 1.29 is 22.8 Å². The van der Waals surface area contributed by atoms with E-state index in [2.05, 4.69) is 5.32 Å². The SMILES string of the molecule is CCC(C)C1NC(=O)CN(C2(C(F)(F)F)CC2)C1=O. The van der Waals surface area contributed by atoms with Crippen LogP contribution in [0.15, 0.2) is 0 Å². The average molecular weight is 278 g/mol. The van der Waals surface area contributed by atoms with Gasteiger partial charge in [0.15, 0.2) is 0 Å². The van der Waals surface area contributed by atoms with Crippen LogP contribution in [0.25, 0.3) is 0 Å². The molecule has 19 heavy (non-hydrogen) atoms. The Balaban J connectivity index is 2.26. The molecule has 0 aromatic rings. The molecule has 1 heterocycles. The van der Waals surface area contributed by atoms with Crippen molar-refractivity contribution in [3.8, 4) is 0 Å². The summed E-state index contributed by atoms with van der Waals surface area (Å²) in [6.45, 7) is 3.09. The van der Waals surface area contributed by atoms with Crippen molar-refractivity contribution in [2.45, 2.75) is 50.9 Å². The van der Waals surface area contributed by atoms with Crippen LogP contribution in [0.1, 0.15) is 33.1 Å². The Morgan fingerprint density at radius 1 is 1.42 bits per heavy atom. The van der Waals surface area contributed by atoms with E-state index in [4.69, 9.17) is 0 Å². The smallest absolute Gasteiger partial charge is 0.342 e. The fourth-order valence-corrected chi connectivity index (χ4v) is 2.48. The van der Waals surface area contributed by atoms with Gasteiger partial charge in [0.25, 0.3) is 0 Å². The maximum atomic E-state index is 13.1. The molecule has 2 aliphatic rings. The van der Waals surface area contributed by atoms with Crippen molar-refractivity contribution in [1.82, 2.24) is 10.2 Å². The number of carbonyl (C=O) groups is 2. The summed E-state index contributed by atoms with van der Waals surface area (Å²) in [6.07, 6.45) is -4.07. The molecule has 0 aromatic heterocycles. The number of hydrogen-bond donors (Lipinski definition) is 1. The van der Waals surface area contributed by atoms with Gasteiger partial charge in [0, 0.05) is 0 Å². The van der Waals surface area contributed by atoms with Crippen LogP contribution in [0.4, 0.5) is 13.2 Å². The van der Waals surface area contributed by atoms with Crippen LogP contribution in [0.3, 0.4) is 0 Å². The zero-order chi connectivity index (χ0) is 14.4. The van der Waals surface area contributed by atoms with E-state index in [-0.39, 0.29) is 18.8 Å². The molecule has 0 bridgehead atoms. The van der Waals surface area contributed by atoms with Crippen molar-refractivity contribution in [3.63, 3.8) is 0 Å². The van der Waals surface area contributed by atoms with Gasteiger partial charge in [0.2, 0.25) is 11.8 Å². The highest BCUT2D eigenvalue weighted by molar-refractivity contribution is 5.95. The monoisotopic (exact) mass is 278 g/mol. The number of hydrogen-bond acceptors (Lipinski definition) is 2. The van der Waals surface area contributed by atoms with E-state index in [0.29, 0.717) is 6.42 Å². The Morgan fingerprint density at radius 3 is 2.42 bits per heavy atom. The molecule has 2 fully saturated rings. The second-order valence-corrected chi connectivity index (χ2v) is 5.38. The summed E-state index contributed by atoms with van der Waals surface area (Å²) < 4.78 is 39.2. The normalized spacial score (nSPS) is 28.1. The molecule has 2 amide bonds. The van der Waals surface area contributed by atoms with E-state index >= 15 is 0 Å². The summed E-state index contributed by atoms with van der Waals surface area (Å²) in [7, 11) is 0. The summed E-state index contributed by atoms with van der Waals surface area (Å²) in [5.74, 6) is -1.30. The topological polar surface area (TPSA) is 49.4 Å². The van der Waals surface area contributed by atoms with Gasteiger partial charge in [-0.15, -0.1) is 0 Å². The van der Waals surface area contributed by atoms with Crippen LogP contribution in [0, 0.1) is 5.92 Å². The van der Waals surface area contributed by atoms with Gasteiger partial charge in [-0.05, 0) is 18.8 Å². The Hall–Kier alpha value is -1.27. The van der Waals surface area contributed by atoms with Crippen molar-refractivity contribution >= 4 is 11.8 Å². The first-order chi connectivity index (χ1) is 8.73. The lowest BCUT2D eigenvalue weighted by Gasteiger charge is -2.40. The lowest BCUT2D eigenvalue weighted by Crippen LogP contribution is -2.65. The third-order valence-corrected chi connectivity index (χ3v) is 4.13. The van der Waals surface area contributed by atoms with Gasteiger partial charge in [-0.3, -0.25) is 9.59 Å². The van der Waals surface area contributed by atoms with E-state index in [9.17, 15) is 22.8 Å². The van der Waals surface area contributed by atoms with Crippen molar-refractivity contribution in [3.05, 3.63) is 0 Å². The maximum Gasteiger partial charge on any atom is 0.411 e. The minimum atomic E-state index is -4.47. The second-order valence-electron chi connectivity index (χ2n) is 5.38. The number of piperazine rings is 1. The molecule has 1 aliphatic heterocycles. The number of amides is 2. The van der Waals surface area contributed by atoms with Crippen LogP contribution in [-0.2, 0) is 9.59 Å². The molecule has 4 nitrogen and oxygen atoms in total. The number of nitrogens with one attached hydrogen (secondary N) is 1. The summed E-state index contributed by atoms with van der Waals surface area (Å²) >= 11 is 0. The van der Waals surface area contributed by atoms with E-state index in [0.717, 1.165) is 4.90 Å². The standard InChI is InChI=1S/C12H17F3N2O2/c1-3-7(2)9-10(19)17(6-8(18)16-9)11(4-5-11)12(13,14)15/h7,9H,3-6H2,1-2H3,(H,16,18). The number of carbonyl (C=O) groups excluding carboxylic acids is 2. The summed E-state index contributed by atoms with van der Waals surface area (Å²) in [6, 6.07) is -0.842. The molecule has 7 heteroatoms. The lowest BCUT2D eigenvalue weighted by molar-refractivity contribution is -0.204. The molecule has 1 N–H and O–H groups in total. The zero-order valence-corrected chi connectivity index (χ0v) is 10.9. The maximum absolute atomic E-state index is 13.1. The van der Waals surface area contributed by atoms with Crippen LogP contribution >= 0.6 is 0 Å². The summed E-state index contributed by atoms with van der Waals surface area (Å²) in [4.78, 5) is 24.5. The quantitative estimate of drug-likeness (QED) is 0.849. The van der Waals surface area contributed by atoms with Gasteiger partial charge in [-0.25, -0.2) is 0 Å². The Kier molecular flexibility index (Phi) is 3.26. The van der Waals surface area contributed by atoms with Gasteiger partial charge in [-0.2, -0.15) is 13.2 Å². The molecule has 2 unspecified atom stereocenters. The first-order valence-corrected chi connectivity index (χ1v) is 6.40. The molecule has 2 rings (SSSR count). The molecule has 2 atom stereocenters. The van der Waals surface area contributed by atoms with E-state index in [1.54, 1.807) is 6.92 Å². The van der Waals surface area contributed by atoms with E-state index in [1.165, 1.54) is 0 Å². The van der Waals surface area contributed by atoms with Crippen molar-refractivity contribution in [1.29, 1.82) is 0 Å². The third kappa shape index (κ3) is 2.19. The fraction of sp³-hybridized carbons (Fsp3) is 0.833. The molecule has 108 valence electrons. The molecule has 1 saturated heterocycles. The van der Waals surface area contributed by atoms with Gasteiger partial charge in [0.05, 0.1) is 0 Å². The Labute approximate surface area is 109 Å². The number of nitrogens with zero attached hydrogens (tertiary/aromatic N) is 1. The molecule has 1 saturated carbocycles. The van der Waals surface area contributed by atoms with Gasteiger partial charge < -0.3 is 10.2 Å². The predicted molar refractivity (Wildman–Crippen MR) is 61.1 cm³/mol. The van der Waals surface area contributed by atoms with E-state index < -0.39 is 36.1 Å². The van der Waals surface area contributed by atoms with Crippen LogP contribution < -0.4 is 5.32 Å². The van der Waals surface area contributed by atoms with Crippen molar-refractivity contribution in [2.75, 3.05) is 6.54 Å². The third-order valence-electron chi connectivity index (χ3n) is 4.13. The van der Waals surface area contributed by atoms with Crippen molar-refractivity contribution in [2.24, 2.45) is 5.92 Å². The highest BCUT2D eigenvalue weighted by Crippen LogP contribution is 2.54. The molecule has 1 aliphatic carbocycles. The summed E-state index contributed by atoms with van der Waals surface area (Å²) in [5.41, 5.74) is -2.10. The van der Waals surface area contributed by atoms with Gasteiger partial charge in [-0.1, -0.05) is 20.3 Å². The fourth-order valence-electron chi connectivity index (χ4n) is 2.48.